The van der Waals surface area contributed by atoms with E-state index in [-0.39, 0.29) is 11.8 Å². The van der Waals surface area contributed by atoms with Gasteiger partial charge in [-0.1, -0.05) is 11.3 Å². The van der Waals surface area contributed by atoms with Gasteiger partial charge in [-0.2, -0.15) is 11.8 Å². The first-order chi connectivity index (χ1) is 10.6. The molecule has 1 aliphatic heterocycles. The largest absolute Gasteiger partial charge is 0.378 e. The lowest BCUT2D eigenvalue weighted by atomic mass is 10.4. The summed E-state index contributed by atoms with van der Waals surface area (Å²) in [5, 5.41) is 0.819. The molecule has 2 rings (SSSR count). The summed E-state index contributed by atoms with van der Waals surface area (Å²) >= 11 is 2.92. The number of thiazole rings is 1. The Labute approximate surface area is 137 Å². The van der Waals surface area contributed by atoms with Crippen molar-refractivity contribution in [3.63, 3.8) is 0 Å². The fourth-order valence-electron chi connectivity index (χ4n) is 1.92. The van der Waals surface area contributed by atoms with Crippen molar-refractivity contribution in [3.05, 3.63) is 10.6 Å². The Morgan fingerprint density at radius 1 is 1.36 bits per heavy atom. The number of aryl methyl sites for hydroxylation is 1. The number of nitrogens with one attached hydrogen (secondary N) is 2. The van der Waals surface area contributed by atoms with Crippen LogP contribution in [0.3, 0.4) is 0 Å². The van der Waals surface area contributed by atoms with Crippen molar-refractivity contribution in [1.82, 2.24) is 15.8 Å². The smallest absolute Gasteiger partial charge is 0.281 e. The lowest BCUT2D eigenvalue weighted by molar-refractivity contribution is -0.121. The van der Waals surface area contributed by atoms with Crippen LogP contribution in [0.25, 0.3) is 0 Å². The predicted molar refractivity (Wildman–Crippen MR) is 88.5 cm³/mol. The molecule has 0 spiro atoms. The third-order valence-electron chi connectivity index (χ3n) is 3.12. The molecule has 2 N–H and O–H groups in total. The molecule has 0 atom stereocenters. The fraction of sp³-hybridized carbons (Fsp3) is 0.615. The van der Waals surface area contributed by atoms with Crippen molar-refractivity contribution < 1.29 is 14.3 Å². The highest BCUT2D eigenvalue weighted by Gasteiger charge is 2.20. The van der Waals surface area contributed by atoms with Gasteiger partial charge in [-0.05, 0) is 13.2 Å². The molecule has 1 aliphatic rings. The normalized spacial score (nSPS) is 14.7. The number of ether oxygens (including phenoxy) is 1. The average molecular weight is 344 g/mol. The van der Waals surface area contributed by atoms with Gasteiger partial charge in [0.15, 0.2) is 5.13 Å². The van der Waals surface area contributed by atoms with E-state index in [9.17, 15) is 9.59 Å². The van der Waals surface area contributed by atoms with Crippen LogP contribution in [0.5, 0.6) is 0 Å². The summed E-state index contributed by atoms with van der Waals surface area (Å²) < 4.78 is 5.31. The molecule has 0 bridgehead atoms. The van der Waals surface area contributed by atoms with E-state index in [0.717, 1.165) is 24.0 Å². The van der Waals surface area contributed by atoms with Gasteiger partial charge in [-0.3, -0.25) is 20.4 Å². The molecule has 2 heterocycles. The molecule has 9 heteroatoms. The molecule has 0 aromatic carbocycles. The van der Waals surface area contributed by atoms with Gasteiger partial charge in [-0.25, -0.2) is 4.98 Å². The van der Waals surface area contributed by atoms with E-state index in [0.29, 0.717) is 30.2 Å². The fourth-order valence-corrected chi connectivity index (χ4v) is 3.33. The highest BCUT2D eigenvalue weighted by molar-refractivity contribution is 7.98. The standard InChI is InChI=1S/C13H20N4O3S2/c1-9-11(12(19)16-15-10(18)3-8-21-2)22-13(14-9)17-4-6-20-7-5-17/h3-8H2,1-2H3,(H,15,18)(H,16,19). The van der Waals surface area contributed by atoms with E-state index >= 15 is 0 Å². The molecular formula is C13H20N4O3S2. The summed E-state index contributed by atoms with van der Waals surface area (Å²) in [6.45, 7) is 4.70. The van der Waals surface area contributed by atoms with Gasteiger partial charge < -0.3 is 9.64 Å². The Bertz CT molecular complexity index is 529. The summed E-state index contributed by atoms with van der Waals surface area (Å²) in [6.07, 6.45) is 2.31. The molecule has 7 nitrogen and oxygen atoms in total. The number of thioether (sulfide) groups is 1. The zero-order valence-electron chi connectivity index (χ0n) is 12.7. The number of carbonyl (C=O) groups excluding carboxylic acids is 2. The monoisotopic (exact) mass is 344 g/mol. The third-order valence-corrected chi connectivity index (χ3v) is 4.95. The minimum absolute atomic E-state index is 0.196. The molecule has 1 aromatic rings. The molecule has 0 saturated carbocycles. The van der Waals surface area contributed by atoms with Crippen molar-refractivity contribution in [1.29, 1.82) is 0 Å². The Morgan fingerprint density at radius 2 is 2.09 bits per heavy atom. The molecule has 122 valence electrons. The second-order valence-corrected chi connectivity index (χ2v) is 6.72. The highest BCUT2D eigenvalue weighted by Crippen LogP contribution is 2.26. The van der Waals surface area contributed by atoms with E-state index in [1.54, 1.807) is 18.7 Å². The number of nitrogens with zero attached hydrogens (tertiary/aromatic N) is 2. The van der Waals surface area contributed by atoms with Crippen LogP contribution >= 0.6 is 23.1 Å². The Hall–Kier alpha value is -1.32. The summed E-state index contributed by atoms with van der Waals surface area (Å²) in [5.41, 5.74) is 5.54. The van der Waals surface area contributed by atoms with Crippen molar-refractivity contribution in [2.24, 2.45) is 0 Å². The Balaban J connectivity index is 1.92. The van der Waals surface area contributed by atoms with E-state index in [1.807, 2.05) is 6.26 Å². The maximum atomic E-state index is 12.1. The molecule has 22 heavy (non-hydrogen) atoms. The summed E-state index contributed by atoms with van der Waals surface area (Å²) in [7, 11) is 0. The van der Waals surface area contributed by atoms with Crippen molar-refractivity contribution in [2.75, 3.05) is 43.2 Å². The second-order valence-electron chi connectivity index (χ2n) is 4.76. The minimum atomic E-state index is -0.327. The van der Waals surface area contributed by atoms with Crippen LogP contribution in [0.15, 0.2) is 0 Å². The molecule has 0 unspecified atom stereocenters. The topological polar surface area (TPSA) is 83.6 Å². The number of hydrogen-bond acceptors (Lipinski definition) is 7. The first-order valence-electron chi connectivity index (χ1n) is 7.00. The lowest BCUT2D eigenvalue weighted by Crippen LogP contribution is -2.41. The maximum absolute atomic E-state index is 12.1. The van der Waals surface area contributed by atoms with E-state index in [2.05, 4.69) is 20.7 Å². The molecule has 1 fully saturated rings. The maximum Gasteiger partial charge on any atom is 0.281 e. The number of amides is 2. The zero-order chi connectivity index (χ0) is 15.9. The molecule has 2 amide bonds. The van der Waals surface area contributed by atoms with Gasteiger partial charge in [0.25, 0.3) is 5.91 Å². The number of aromatic nitrogens is 1. The third kappa shape index (κ3) is 4.59. The quantitative estimate of drug-likeness (QED) is 0.769. The van der Waals surface area contributed by atoms with Gasteiger partial charge in [0.2, 0.25) is 5.91 Å². The zero-order valence-corrected chi connectivity index (χ0v) is 14.3. The molecule has 1 aromatic heterocycles. The van der Waals surface area contributed by atoms with Crippen LogP contribution in [0.2, 0.25) is 0 Å². The van der Waals surface area contributed by atoms with Gasteiger partial charge in [0, 0.05) is 25.3 Å². The van der Waals surface area contributed by atoms with Crippen molar-refractivity contribution in [2.45, 2.75) is 13.3 Å². The van der Waals surface area contributed by atoms with Crippen LogP contribution in [0, 0.1) is 6.92 Å². The first-order valence-corrected chi connectivity index (χ1v) is 9.21. The van der Waals surface area contributed by atoms with Crippen LogP contribution in [-0.4, -0.2) is 55.1 Å². The Morgan fingerprint density at radius 3 is 2.77 bits per heavy atom. The molecule has 1 saturated heterocycles. The van der Waals surface area contributed by atoms with Crippen LogP contribution in [0.4, 0.5) is 5.13 Å². The summed E-state index contributed by atoms with van der Waals surface area (Å²) in [4.78, 5) is 30.7. The van der Waals surface area contributed by atoms with Gasteiger partial charge in [0.1, 0.15) is 4.88 Å². The highest BCUT2D eigenvalue weighted by atomic mass is 32.2. The predicted octanol–water partition coefficient (Wildman–Crippen LogP) is 0.802. The molecular weight excluding hydrogens is 324 g/mol. The number of rotatable bonds is 5. The Kier molecular flexibility index (Phi) is 6.47. The molecule has 0 aliphatic carbocycles. The number of hydrogen-bond donors (Lipinski definition) is 2. The van der Waals surface area contributed by atoms with Crippen LogP contribution in [0.1, 0.15) is 21.8 Å². The van der Waals surface area contributed by atoms with Gasteiger partial charge >= 0.3 is 0 Å². The van der Waals surface area contributed by atoms with Gasteiger partial charge in [0.05, 0.1) is 18.9 Å². The number of morpholine rings is 1. The van der Waals surface area contributed by atoms with E-state index in [4.69, 9.17) is 4.74 Å². The number of hydrazine groups is 1. The summed E-state index contributed by atoms with van der Waals surface area (Å²) in [5.74, 6) is 0.202. The number of carbonyl (C=O) groups is 2. The van der Waals surface area contributed by atoms with Crippen LogP contribution < -0.4 is 15.8 Å². The van der Waals surface area contributed by atoms with Gasteiger partial charge in [-0.15, -0.1) is 0 Å². The minimum Gasteiger partial charge on any atom is -0.378 e. The number of anilines is 1. The summed E-state index contributed by atoms with van der Waals surface area (Å²) in [6, 6.07) is 0. The van der Waals surface area contributed by atoms with E-state index < -0.39 is 0 Å². The van der Waals surface area contributed by atoms with Crippen LogP contribution in [-0.2, 0) is 9.53 Å². The van der Waals surface area contributed by atoms with Crippen molar-refractivity contribution in [3.8, 4) is 0 Å². The first kappa shape index (κ1) is 17.0. The average Bonchev–Trinajstić information content (AvgIpc) is 2.93. The van der Waals surface area contributed by atoms with E-state index in [1.165, 1.54) is 11.3 Å². The SMILES string of the molecule is CSCCC(=O)NNC(=O)c1sc(N2CCOCC2)nc1C. The second kappa shape index (κ2) is 8.35. The lowest BCUT2D eigenvalue weighted by Gasteiger charge is -2.25. The molecule has 0 radical (unpaired) electrons. The van der Waals surface area contributed by atoms with Crippen molar-refractivity contribution >= 4 is 40.0 Å².